The van der Waals surface area contributed by atoms with Crippen LogP contribution < -0.4 is 0 Å². The molecule has 0 aliphatic carbocycles. The molecule has 3 aromatic heterocycles. The minimum absolute atomic E-state index is 0.000295. The average molecular weight is 376 g/mol. The summed E-state index contributed by atoms with van der Waals surface area (Å²) < 4.78 is 11.9. The molecule has 26 heavy (non-hydrogen) atoms. The SMILES string of the molecule is Cc1cc(C)n(-c2ccc(Cl)c(C(=O)OCc3nc(C(C)C)no3)n2)n1. The van der Waals surface area contributed by atoms with Gasteiger partial charge in [0, 0.05) is 11.6 Å². The number of ether oxygens (including phenoxy) is 1. The van der Waals surface area contributed by atoms with Crippen LogP contribution in [0.5, 0.6) is 0 Å². The molecule has 0 saturated heterocycles. The fraction of sp³-hybridized carbons (Fsp3) is 0.353. The number of halogens is 1. The van der Waals surface area contributed by atoms with Gasteiger partial charge in [-0.3, -0.25) is 0 Å². The van der Waals surface area contributed by atoms with E-state index >= 15 is 0 Å². The number of hydrogen-bond acceptors (Lipinski definition) is 7. The van der Waals surface area contributed by atoms with Crippen LogP contribution in [0.2, 0.25) is 5.02 Å². The van der Waals surface area contributed by atoms with Gasteiger partial charge in [-0.1, -0.05) is 30.6 Å². The van der Waals surface area contributed by atoms with Crippen molar-refractivity contribution in [1.29, 1.82) is 0 Å². The molecule has 0 unspecified atom stereocenters. The highest BCUT2D eigenvalue weighted by molar-refractivity contribution is 6.33. The number of pyridine rings is 1. The Morgan fingerprint density at radius 2 is 2.08 bits per heavy atom. The van der Waals surface area contributed by atoms with Crippen molar-refractivity contribution in [2.75, 3.05) is 0 Å². The van der Waals surface area contributed by atoms with Crippen LogP contribution in [0, 0.1) is 13.8 Å². The largest absolute Gasteiger partial charge is 0.451 e. The molecule has 8 nitrogen and oxygen atoms in total. The molecule has 3 heterocycles. The number of esters is 1. The van der Waals surface area contributed by atoms with Crippen molar-refractivity contribution in [1.82, 2.24) is 24.9 Å². The number of aromatic nitrogens is 5. The first-order valence-corrected chi connectivity index (χ1v) is 8.42. The van der Waals surface area contributed by atoms with Crippen molar-refractivity contribution < 1.29 is 14.1 Å². The zero-order valence-corrected chi connectivity index (χ0v) is 15.6. The quantitative estimate of drug-likeness (QED) is 0.630. The Kier molecular flexibility index (Phi) is 5.03. The van der Waals surface area contributed by atoms with Gasteiger partial charge in [-0.2, -0.15) is 10.1 Å². The second kappa shape index (κ2) is 7.25. The Morgan fingerprint density at radius 1 is 1.31 bits per heavy atom. The third-order valence-electron chi connectivity index (χ3n) is 3.58. The van der Waals surface area contributed by atoms with E-state index in [1.807, 2.05) is 33.8 Å². The number of aryl methyl sites for hydroxylation is 2. The lowest BCUT2D eigenvalue weighted by Gasteiger charge is -2.07. The zero-order valence-electron chi connectivity index (χ0n) is 14.9. The minimum Gasteiger partial charge on any atom is -0.451 e. The maximum absolute atomic E-state index is 12.4. The van der Waals surface area contributed by atoms with Crippen LogP contribution in [0.15, 0.2) is 22.7 Å². The summed E-state index contributed by atoms with van der Waals surface area (Å²) in [5.74, 6) is 0.692. The smallest absolute Gasteiger partial charge is 0.359 e. The molecule has 0 aromatic carbocycles. The van der Waals surface area contributed by atoms with E-state index in [1.165, 1.54) is 0 Å². The van der Waals surface area contributed by atoms with E-state index in [9.17, 15) is 4.79 Å². The molecule has 0 amide bonds. The fourth-order valence-corrected chi connectivity index (χ4v) is 2.49. The highest BCUT2D eigenvalue weighted by Crippen LogP contribution is 2.19. The lowest BCUT2D eigenvalue weighted by atomic mass is 10.2. The molecule has 9 heteroatoms. The Balaban J connectivity index is 1.78. The highest BCUT2D eigenvalue weighted by atomic mass is 35.5. The van der Waals surface area contributed by atoms with Crippen molar-refractivity contribution >= 4 is 17.6 Å². The van der Waals surface area contributed by atoms with Crippen molar-refractivity contribution in [3.8, 4) is 5.82 Å². The van der Waals surface area contributed by atoms with Gasteiger partial charge < -0.3 is 9.26 Å². The number of rotatable bonds is 5. The van der Waals surface area contributed by atoms with Gasteiger partial charge in [-0.05, 0) is 32.0 Å². The molecule has 0 N–H and O–H groups in total. The molecule has 0 spiro atoms. The van der Waals surface area contributed by atoms with Crippen LogP contribution in [0.3, 0.4) is 0 Å². The van der Waals surface area contributed by atoms with Crippen LogP contribution in [0.4, 0.5) is 0 Å². The highest BCUT2D eigenvalue weighted by Gasteiger charge is 2.18. The van der Waals surface area contributed by atoms with Crippen LogP contribution in [0.1, 0.15) is 53.4 Å². The summed E-state index contributed by atoms with van der Waals surface area (Å²) in [4.78, 5) is 20.8. The molecule has 0 aliphatic heterocycles. The monoisotopic (exact) mass is 375 g/mol. The van der Waals surface area contributed by atoms with Gasteiger partial charge in [0.05, 0.1) is 10.7 Å². The van der Waals surface area contributed by atoms with E-state index in [1.54, 1.807) is 16.8 Å². The second-order valence-corrected chi connectivity index (χ2v) is 6.52. The number of hydrogen-bond donors (Lipinski definition) is 0. The molecular weight excluding hydrogens is 358 g/mol. The topological polar surface area (TPSA) is 95.9 Å². The van der Waals surface area contributed by atoms with Crippen LogP contribution >= 0.6 is 11.6 Å². The van der Waals surface area contributed by atoms with E-state index in [-0.39, 0.29) is 29.1 Å². The van der Waals surface area contributed by atoms with Gasteiger partial charge in [0.25, 0.3) is 5.89 Å². The summed E-state index contributed by atoms with van der Waals surface area (Å²) in [6, 6.07) is 5.18. The Hall–Kier alpha value is -2.74. The molecule has 0 atom stereocenters. The Labute approximate surface area is 155 Å². The summed E-state index contributed by atoms with van der Waals surface area (Å²) in [7, 11) is 0. The lowest BCUT2D eigenvalue weighted by molar-refractivity contribution is 0.0423. The third kappa shape index (κ3) is 3.75. The van der Waals surface area contributed by atoms with Crippen LogP contribution in [-0.2, 0) is 11.3 Å². The first kappa shape index (κ1) is 18.1. The molecule has 3 aromatic rings. The van der Waals surface area contributed by atoms with E-state index in [2.05, 4.69) is 20.2 Å². The van der Waals surface area contributed by atoms with E-state index in [0.29, 0.717) is 11.6 Å². The van der Waals surface area contributed by atoms with Crippen molar-refractivity contribution in [3.63, 3.8) is 0 Å². The normalized spacial score (nSPS) is 11.2. The predicted molar refractivity (Wildman–Crippen MR) is 93.3 cm³/mol. The molecule has 0 saturated carbocycles. The molecule has 0 radical (unpaired) electrons. The molecule has 0 aliphatic rings. The van der Waals surface area contributed by atoms with Crippen LogP contribution in [-0.4, -0.2) is 30.9 Å². The van der Waals surface area contributed by atoms with Gasteiger partial charge >= 0.3 is 5.97 Å². The van der Waals surface area contributed by atoms with Crippen molar-refractivity contribution in [2.24, 2.45) is 0 Å². The van der Waals surface area contributed by atoms with E-state index in [0.717, 1.165) is 11.4 Å². The van der Waals surface area contributed by atoms with E-state index in [4.69, 9.17) is 20.9 Å². The average Bonchev–Trinajstić information content (AvgIpc) is 3.19. The van der Waals surface area contributed by atoms with Crippen LogP contribution in [0.25, 0.3) is 5.82 Å². The summed E-state index contributed by atoms with van der Waals surface area (Å²) in [6.07, 6.45) is 0. The standard InChI is InChI=1S/C17H18ClN5O3/c1-9(2)16-20-14(26-22-16)8-25-17(24)15-12(18)5-6-13(19-15)23-11(4)7-10(3)21-23/h5-7,9H,8H2,1-4H3. The van der Waals surface area contributed by atoms with Gasteiger partial charge in [0.15, 0.2) is 23.9 Å². The maximum Gasteiger partial charge on any atom is 0.359 e. The zero-order chi connectivity index (χ0) is 18.8. The summed E-state index contributed by atoms with van der Waals surface area (Å²) >= 11 is 6.11. The Bertz CT molecular complexity index is 948. The third-order valence-corrected chi connectivity index (χ3v) is 3.88. The first-order valence-electron chi connectivity index (χ1n) is 8.05. The summed E-state index contributed by atoms with van der Waals surface area (Å²) in [6.45, 7) is 7.50. The van der Waals surface area contributed by atoms with Crippen molar-refractivity contribution in [2.45, 2.75) is 40.2 Å². The van der Waals surface area contributed by atoms with Crippen molar-refractivity contribution in [3.05, 3.63) is 52.0 Å². The summed E-state index contributed by atoms with van der Waals surface area (Å²) in [5, 5.41) is 8.36. The molecule has 136 valence electrons. The molecule has 3 rings (SSSR count). The maximum atomic E-state index is 12.4. The fourth-order valence-electron chi connectivity index (χ4n) is 2.31. The number of carbonyl (C=O) groups is 1. The van der Waals surface area contributed by atoms with Gasteiger partial charge in [-0.25, -0.2) is 14.5 Å². The van der Waals surface area contributed by atoms with Gasteiger partial charge in [0.2, 0.25) is 0 Å². The van der Waals surface area contributed by atoms with Gasteiger partial charge in [-0.15, -0.1) is 0 Å². The molecule has 0 bridgehead atoms. The number of carbonyl (C=O) groups excluding carboxylic acids is 1. The number of nitrogens with zero attached hydrogens (tertiary/aromatic N) is 5. The minimum atomic E-state index is -0.678. The first-order chi connectivity index (χ1) is 12.3. The summed E-state index contributed by atoms with van der Waals surface area (Å²) in [5.41, 5.74) is 1.74. The Morgan fingerprint density at radius 3 is 2.69 bits per heavy atom. The van der Waals surface area contributed by atoms with E-state index < -0.39 is 5.97 Å². The molecular formula is C17H18ClN5O3. The van der Waals surface area contributed by atoms with Gasteiger partial charge in [0.1, 0.15) is 0 Å². The predicted octanol–water partition coefficient (Wildman–Crippen LogP) is 3.40. The second-order valence-electron chi connectivity index (χ2n) is 6.12. The lowest BCUT2D eigenvalue weighted by Crippen LogP contribution is -2.11. The molecule has 0 fully saturated rings.